The molecule has 0 rings (SSSR count). The average Bonchev–Trinajstić information content (AvgIpc) is 1.80. The van der Waals surface area contributed by atoms with Gasteiger partial charge in [0.25, 0.3) is 0 Å². The van der Waals surface area contributed by atoms with Crippen molar-refractivity contribution in [2.45, 2.75) is 39.3 Å². The first-order chi connectivity index (χ1) is 5.66. The zero-order valence-corrected chi connectivity index (χ0v) is 12.8. The smallest absolute Gasteiger partial charge is 0.311 e. The molecule has 0 aliphatic carbocycles. The van der Waals surface area contributed by atoms with E-state index in [2.05, 4.69) is 45.9 Å². The molecule has 78 valence electrons. The number of rotatable bonds is 5. The summed E-state index contributed by atoms with van der Waals surface area (Å²) in [6, 6.07) is 0. The van der Waals surface area contributed by atoms with Crippen LogP contribution in [-0.4, -0.2) is 25.9 Å². The lowest BCUT2D eigenvalue weighted by molar-refractivity contribution is 0.406. The molecule has 0 aromatic rings. The zero-order valence-electron chi connectivity index (χ0n) is 9.68. The van der Waals surface area contributed by atoms with Gasteiger partial charge in [0.2, 0.25) is 0 Å². The molecule has 0 heterocycles. The van der Waals surface area contributed by atoms with Crippen LogP contribution in [0.4, 0.5) is 0 Å². The summed E-state index contributed by atoms with van der Waals surface area (Å²) in [5.41, 5.74) is 1.95. The Bertz CT molecular complexity index is 175. The predicted octanol–water partition coefficient (Wildman–Crippen LogP) is 2.64. The average molecular weight is 235 g/mol. The summed E-state index contributed by atoms with van der Waals surface area (Å²) in [4.78, 5) is 0. The second-order valence-corrected chi connectivity index (χ2v) is 15.3. The molecule has 0 saturated carbocycles. The Hall–Kier alpha value is 0.311. The third-order valence-electron chi connectivity index (χ3n) is 1.35. The van der Waals surface area contributed by atoms with Crippen molar-refractivity contribution in [1.29, 1.82) is 0 Å². The molecular formula is C8H22O2Si3. The molecular weight excluding hydrogens is 212 g/mol. The SMILES string of the molecule is C=C[SiH](C)O[Si](C)(C)O[Si](C)(C)C. The minimum Gasteiger partial charge on any atom is -0.437 e. The molecule has 0 bridgehead atoms. The van der Waals surface area contributed by atoms with E-state index in [-0.39, 0.29) is 0 Å². The number of hydrogen-bond acceptors (Lipinski definition) is 2. The maximum absolute atomic E-state index is 6.04. The molecule has 0 N–H and O–H groups in total. The molecule has 0 amide bonds. The van der Waals surface area contributed by atoms with Crippen molar-refractivity contribution in [1.82, 2.24) is 0 Å². The molecule has 1 atom stereocenters. The van der Waals surface area contributed by atoms with Crippen molar-refractivity contribution in [3.63, 3.8) is 0 Å². The Morgan fingerprint density at radius 2 is 1.62 bits per heavy atom. The highest BCUT2D eigenvalue weighted by atomic mass is 28.5. The normalized spacial score (nSPS) is 15.5. The van der Waals surface area contributed by atoms with Gasteiger partial charge in [-0.1, -0.05) is 5.70 Å². The fourth-order valence-corrected chi connectivity index (χ4v) is 11.7. The fraction of sp³-hybridized carbons (Fsp3) is 0.750. The van der Waals surface area contributed by atoms with Crippen LogP contribution in [0.2, 0.25) is 39.3 Å². The highest BCUT2D eigenvalue weighted by Crippen LogP contribution is 2.16. The predicted molar refractivity (Wildman–Crippen MR) is 66.2 cm³/mol. The summed E-state index contributed by atoms with van der Waals surface area (Å²) in [7, 11) is -4.49. The topological polar surface area (TPSA) is 18.5 Å². The lowest BCUT2D eigenvalue weighted by Crippen LogP contribution is -2.47. The van der Waals surface area contributed by atoms with E-state index in [1.807, 2.05) is 5.70 Å². The van der Waals surface area contributed by atoms with Crippen LogP contribution < -0.4 is 0 Å². The first-order valence-electron chi connectivity index (χ1n) is 4.67. The Morgan fingerprint density at radius 1 is 1.15 bits per heavy atom. The standard InChI is InChI=1S/C8H22O2Si3/c1-8-11(2)9-13(6,7)10-12(3,4)5/h8,11H,1H2,2-7H3. The van der Waals surface area contributed by atoms with Gasteiger partial charge in [-0.15, -0.1) is 6.58 Å². The van der Waals surface area contributed by atoms with Gasteiger partial charge in [-0.05, 0) is 39.3 Å². The van der Waals surface area contributed by atoms with Gasteiger partial charge in [0, 0.05) is 0 Å². The van der Waals surface area contributed by atoms with Gasteiger partial charge in [-0.2, -0.15) is 0 Å². The quantitative estimate of drug-likeness (QED) is 0.681. The molecule has 0 aromatic heterocycles. The Kier molecular flexibility index (Phi) is 4.81. The van der Waals surface area contributed by atoms with E-state index in [0.717, 1.165) is 0 Å². The molecule has 5 heteroatoms. The van der Waals surface area contributed by atoms with Crippen LogP contribution in [0.5, 0.6) is 0 Å². The van der Waals surface area contributed by atoms with E-state index < -0.39 is 25.9 Å². The summed E-state index contributed by atoms with van der Waals surface area (Å²) in [5, 5.41) is 0. The van der Waals surface area contributed by atoms with Crippen LogP contribution in [0.15, 0.2) is 12.3 Å². The van der Waals surface area contributed by atoms with Gasteiger partial charge in [-0.25, -0.2) is 0 Å². The Morgan fingerprint density at radius 3 is 1.92 bits per heavy atom. The second kappa shape index (κ2) is 4.70. The van der Waals surface area contributed by atoms with Crippen LogP contribution in [0.25, 0.3) is 0 Å². The van der Waals surface area contributed by atoms with Crippen LogP contribution in [0.1, 0.15) is 0 Å². The van der Waals surface area contributed by atoms with Crippen molar-refractivity contribution in [3.8, 4) is 0 Å². The van der Waals surface area contributed by atoms with Crippen LogP contribution in [0, 0.1) is 0 Å². The monoisotopic (exact) mass is 234 g/mol. The Labute approximate surface area is 86.1 Å². The Balaban J connectivity index is 4.15. The molecule has 0 radical (unpaired) electrons. The van der Waals surface area contributed by atoms with Gasteiger partial charge in [0.05, 0.1) is 0 Å². The molecule has 0 saturated heterocycles. The first-order valence-corrected chi connectivity index (χ1v) is 13.2. The lowest BCUT2D eigenvalue weighted by Gasteiger charge is -2.32. The summed E-state index contributed by atoms with van der Waals surface area (Å²) >= 11 is 0. The molecule has 0 spiro atoms. The van der Waals surface area contributed by atoms with Gasteiger partial charge >= 0.3 is 8.56 Å². The van der Waals surface area contributed by atoms with Crippen molar-refractivity contribution >= 4 is 25.9 Å². The van der Waals surface area contributed by atoms with Crippen LogP contribution in [0.3, 0.4) is 0 Å². The van der Waals surface area contributed by atoms with E-state index in [4.69, 9.17) is 8.23 Å². The van der Waals surface area contributed by atoms with Gasteiger partial charge in [0.1, 0.15) is 0 Å². The molecule has 0 aliphatic rings. The summed E-state index contributed by atoms with van der Waals surface area (Å²) in [5.74, 6) is 0. The molecule has 0 aliphatic heterocycles. The maximum Gasteiger partial charge on any atom is 0.311 e. The first kappa shape index (κ1) is 13.3. The van der Waals surface area contributed by atoms with E-state index in [0.29, 0.717) is 0 Å². The minimum atomic E-state index is -1.87. The largest absolute Gasteiger partial charge is 0.437 e. The summed E-state index contributed by atoms with van der Waals surface area (Å²) in [6.07, 6.45) is 0. The van der Waals surface area contributed by atoms with E-state index in [1.54, 1.807) is 0 Å². The van der Waals surface area contributed by atoms with Crippen LogP contribution >= 0.6 is 0 Å². The molecule has 0 aromatic carbocycles. The molecule has 2 nitrogen and oxygen atoms in total. The van der Waals surface area contributed by atoms with E-state index >= 15 is 0 Å². The number of hydrogen-bond donors (Lipinski definition) is 0. The van der Waals surface area contributed by atoms with Crippen LogP contribution in [-0.2, 0) is 8.23 Å². The van der Waals surface area contributed by atoms with E-state index in [9.17, 15) is 0 Å². The van der Waals surface area contributed by atoms with Gasteiger partial charge in [-0.3, -0.25) is 0 Å². The second-order valence-electron chi connectivity index (χ2n) is 4.67. The van der Waals surface area contributed by atoms with Crippen molar-refractivity contribution < 1.29 is 8.23 Å². The minimum absolute atomic E-state index is 1.17. The van der Waals surface area contributed by atoms with E-state index in [1.165, 1.54) is 0 Å². The van der Waals surface area contributed by atoms with Gasteiger partial charge in [0.15, 0.2) is 17.4 Å². The lowest BCUT2D eigenvalue weighted by atomic mass is 11.3. The highest BCUT2D eigenvalue weighted by Gasteiger charge is 2.32. The molecule has 1 unspecified atom stereocenters. The maximum atomic E-state index is 6.04. The third-order valence-corrected chi connectivity index (χ3v) is 10.2. The summed E-state index contributed by atoms with van der Waals surface area (Å²) < 4.78 is 12.0. The third kappa shape index (κ3) is 7.39. The highest BCUT2D eigenvalue weighted by molar-refractivity contribution is 6.84. The van der Waals surface area contributed by atoms with Gasteiger partial charge < -0.3 is 8.23 Å². The molecule has 13 heavy (non-hydrogen) atoms. The van der Waals surface area contributed by atoms with Crippen molar-refractivity contribution in [3.05, 3.63) is 12.3 Å². The van der Waals surface area contributed by atoms with Crippen molar-refractivity contribution in [2.24, 2.45) is 0 Å². The zero-order chi connectivity index (χ0) is 10.7. The fourth-order valence-electron chi connectivity index (χ4n) is 1.26. The molecule has 0 fully saturated rings. The summed E-state index contributed by atoms with van der Waals surface area (Å²) in [6.45, 7) is 16.7. The van der Waals surface area contributed by atoms with Crippen molar-refractivity contribution in [2.75, 3.05) is 0 Å².